The van der Waals surface area contributed by atoms with Crippen molar-refractivity contribution in [3.8, 4) is 11.5 Å². The van der Waals surface area contributed by atoms with Crippen LogP contribution in [0.3, 0.4) is 0 Å². The van der Waals surface area contributed by atoms with E-state index in [1.165, 1.54) is 0 Å². The molecule has 1 aromatic heterocycles. The number of benzene rings is 2. The van der Waals surface area contributed by atoms with Crippen molar-refractivity contribution in [2.24, 2.45) is 0 Å². The lowest BCUT2D eigenvalue weighted by atomic mass is 10.1. The first-order valence-electron chi connectivity index (χ1n) is 7.91. The topological polar surface area (TPSA) is 73.3 Å². The predicted octanol–water partition coefficient (Wildman–Crippen LogP) is 2.62. The fourth-order valence-corrected chi connectivity index (χ4v) is 2.56. The van der Waals surface area contributed by atoms with E-state index in [0.29, 0.717) is 35.5 Å². The highest BCUT2D eigenvalue weighted by molar-refractivity contribution is 5.97. The summed E-state index contributed by atoms with van der Waals surface area (Å²) in [4.78, 5) is 20.7. The van der Waals surface area contributed by atoms with Gasteiger partial charge >= 0.3 is 0 Å². The van der Waals surface area contributed by atoms with Gasteiger partial charge in [0.15, 0.2) is 11.5 Å². The van der Waals surface area contributed by atoms with Crippen molar-refractivity contribution >= 4 is 16.9 Å². The molecule has 1 N–H and O–H groups in total. The summed E-state index contributed by atoms with van der Waals surface area (Å²) >= 11 is 0. The lowest BCUT2D eigenvalue weighted by Crippen LogP contribution is -2.25. The molecule has 0 saturated carbocycles. The van der Waals surface area contributed by atoms with Crippen molar-refractivity contribution in [3.05, 3.63) is 59.9 Å². The summed E-state index contributed by atoms with van der Waals surface area (Å²) in [6.45, 7) is 0.521. The van der Waals surface area contributed by atoms with Gasteiger partial charge in [-0.2, -0.15) is 0 Å². The molecule has 0 aliphatic rings. The number of nitrogens with one attached hydrogen (secondary N) is 1. The normalized spacial score (nSPS) is 10.5. The van der Waals surface area contributed by atoms with Gasteiger partial charge in [-0.05, 0) is 42.3 Å². The van der Waals surface area contributed by atoms with Crippen molar-refractivity contribution < 1.29 is 14.3 Å². The number of carbonyl (C=O) groups is 1. The van der Waals surface area contributed by atoms with E-state index in [2.05, 4.69) is 15.3 Å². The number of aromatic nitrogens is 2. The molecular weight excluding hydrogens is 318 g/mol. The van der Waals surface area contributed by atoms with E-state index in [9.17, 15) is 4.79 Å². The van der Waals surface area contributed by atoms with Crippen molar-refractivity contribution in [3.63, 3.8) is 0 Å². The monoisotopic (exact) mass is 337 g/mol. The van der Waals surface area contributed by atoms with E-state index in [0.717, 1.165) is 11.1 Å². The number of amides is 1. The van der Waals surface area contributed by atoms with Crippen LogP contribution >= 0.6 is 0 Å². The van der Waals surface area contributed by atoms with Crippen molar-refractivity contribution in [2.75, 3.05) is 20.8 Å². The van der Waals surface area contributed by atoms with Gasteiger partial charge in [-0.25, -0.2) is 0 Å². The highest BCUT2D eigenvalue weighted by Crippen LogP contribution is 2.27. The van der Waals surface area contributed by atoms with E-state index in [-0.39, 0.29) is 5.91 Å². The second kappa shape index (κ2) is 7.61. The third-order valence-corrected chi connectivity index (χ3v) is 3.88. The molecule has 0 radical (unpaired) electrons. The van der Waals surface area contributed by atoms with Crippen molar-refractivity contribution in [1.82, 2.24) is 15.3 Å². The summed E-state index contributed by atoms with van der Waals surface area (Å²) in [7, 11) is 3.21. The molecule has 0 aliphatic carbocycles. The van der Waals surface area contributed by atoms with Crippen LogP contribution in [0.2, 0.25) is 0 Å². The van der Waals surface area contributed by atoms with Crippen LogP contribution in [0.4, 0.5) is 0 Å². The van der Waals surface area contributed by atoms with E-state index in [1.807, 2.05) is 18.2 Å². The standard InChI is InChI=1S/C19H19N3O3/c1-24-17-6-3-13(11-18(17)25-2)7-8-22-19(23)14-4-5-15-16(12-14)21-10-9-20-15/h3-6,9-12H,7-8H2,1-2H3,(H,22,23). The van der Waals surface area contributed by atoms with Gasteiger partial charge in [0.1, 0.15) is 0 Å². The summed E-state index contributed by atoms with van der Waals surface area (Å²) in [5, 5.41) is 2.92. The van der Waals surface area contributed by atoms with Crippen LogP contribution in [0.15, 0.2) is 48.8 Å². The molecule has 3 rings (SSSR count). The quantitative estimate of drug-likeness (QED) is 0.748. The number of hydrogen-bond donors (Lipinski definition) is 1. The van der Waals surface area contributed by atoms with E-state index in [1.54, 1.807) is 44.8 Å². The molecule has 0 bridgehead atoms. The van der Waals surface area contributed by atoms with Gasteiger partial charge in [-0.3, -0.25) is 14.8 Å². The van der Waals surface area contributed by atoms with Crippen LogP contribution < -0.4 is 14.8 Å². The summed E-state index contributed by atoms with van der Waals surface area (Å²) in [6.07, 6.45) is 3.94. The number of fused-ring (bicyclic) bond motifs is 1. The van der Waals surface area contributed by atoms with Gasteiger partial charge in [0, 0.05) is 24.5 Å². The first-order valence-corrected chi connectivity index (χ1v) is 7.91. The molecular formula is C19H19N3O3. The number of carbonyl (C=O) groups excluding carboxylic acids is 1. The third-order valence-electron chi connectivity index (χ3n) is 3.88. The highest BCUT2D eigenvalue weighted by atomic mass is 16.5. The van der Waals surface area contributed by atoms with Gasteiger partial charge < -0.3 is 14.8 Å². The van der Waals surface area contributed by atoms with Gasteiger partial charge in [0.05, 0.1) is 25.3 Å². The number of nitrogens with zero attached hydrogens (tertiary/aromatic N) is 2. The first-order chi connectivity index (χ1) is 12.2. The molecule has 0 aliphatic heterocycles. The summed E-state index contributed by atoms with van der Waals surface area (Å²) in [6, 6.07) is 11.0. The maximum atomic E-state index is 12.3. The SMILES string of the molecule is COc1ccc(CCNC(=O)c2ccc3nccnc3c2)cc1OC. The van der Waals surface area contributed by atoms with Gasteiger partial charge in [0.2, 0.25) is 0 Å². The fourth-order valence-electron chi connectivity index (χ4n) is 2.56. The minimum atomic E-state index is -0.131. The van der Waals surface area contributed by atoms with Crippen LogP contribution in [0.1, 0.15) is 15.9 Å². The van der Waals surface area contributed by atoms with Crippen molar-refractivity contribution in [1.29, 1.82) is 0 Å². The highest BCUT2D eigenvalue weighted by Gasteiger charge is 2.08. The Morgan fingerprint density at radius 2 is 1.72 bits per heavy atom. The molecule has 2 aromatic carbocycles. The molecule has 6 nitrogen and oxygen atoms in total. The predicted molar refractivity (Wildman–Crippen MR) is 95.1 cm³/mol. The largest absolute Gasteiger partial charge is 0.493 e. The van der Waals surface area contributed by atoms with Crippen LogP contribution in [-0.4, -0.2) is 36.6 Å². The molecule has 0 atom stereocenters. The summed E-state index contributed by atoms with van der Waals surface area (Å²) < 4.78 is 10.5. The maximum absolute atomic E-state index is 12.3. The molecule has 0 fully saturated rings. The Balaban J connectivity index is 1.62. The number of ether oxygens (including phenoxy) is 2. The molecule has 0 spiro atoms. The number of methoxy groups -OCH3 is 2. The summed E-state index contributed by atoms with van der Waals surface area (Å²) in [5.74, 6) is 1.24. The van der Waals surface area contributed by atoms with Crippen LogP contribution in [0.5, 0.6) is 11.5 Å². The Labute approximate surface area is 145 Å². The second-order valence-electron chi connectivity index (χ2n) is 5.46. The third kappa shape index (κ3) is 3.85. The minimum Gasteiger partial charge on any atom is -0.493 e. The van der Waals surface area contributed by atoms with E-state index >= 15 is 0 Å². The minimum absolute atomic E-state index is 0.131. The zero-order valence-electron chi connectivity index (χ0n) is 14.2. The molecule has 128 valence electrons. The average molecular weight is 337 g/mol. The Hall–Kier alpha value is -3.15. The lowest BCUT2D eigenvalue weighted by molar-refractivity contribution is 0.0954. The molecule has 6 heteroatoms. The molecule has 1 heterocycles. The Morgan fingerprint density at radius 1 is 0.960 bits per heavy atom. The molecule has 0 saturated heterocycles. The molecule has 3 aromatic rings. The van der Waals surface area contributed by atoms with E-state index in [4.69, 9.17) is 9.47 Å². The number of hydrogen-bond acceptors (Lipinski definition) is 5. The van der Waals surface area contributed by atoms with Gasteiger partial charge in [0.25, 0.3) is 5.91 Å². The zero-order valence-corrected chi connectivity index (χ0v) is 14.2. The number of rotatable bonds is 6. The molecule has 0 unspecified atom stereocenters. The molecule has 1 amide bonds. The second-order valence-corrected chi connectivity index (χ2v) is 5.46. The average Bonchev–Trinajstić information content (AvgIpc) is 2.67. The van der Waals surface area contributed by atoms with Crippen LogP contribution in [0, 0.1) is 0 Å². The van der Waals surface area contributed by atoms with Gasteiger partial charge in [-0.1, -0.05) is 6.07 Å². The Kier molecular flexibility index (Phi) is 5.09. The van der Waals surface area contributed by atoms with Crippen LogP contribution in [0.25, 0.3) is 11.0 Å². The Morgan fingerprint density at radius 3 is 2.48 bits per heavy atom. The Bertz CT molecular complexity index is 896. The van der Waals surface area contributed by atoms with Gasteiger partial charge in [-0.15, -0.1) is 0 Å². The lowest BCUT2D eigenvalue weighted by Gasteiger charge is -2.10. The van der Waals surface area contributed by atoms with E-state index < -0.39 is 0 Å². The smallest absolute Gasteiger partial charge is 0.251 e. The first kappa shape index (κ1) is 16.7. The zero-order chi connectivity index (χ0) is 17.6. The fraction of sp³-hybridized carbons (Fsp3) is 0.211. The molecule has 25 heavy (non-hydrogen) atoms. The van der Waals surface area contributed by atoms with Crippen LogP contribution in [-0.2, 0) is 6.42 Å². The summed E-state index contributed by atoms with van der Waals surface area (Å²) in [5.41, 5.74) is 3.10. The maximum Gasteiger partial charge on any atom is 0.251 e. The van der Waals surface area contributed by atoms with Crippen molar-refractivity contribution in [2.45, 2.75) is 6.42 Å².